The lowest BCUT2D eigenvalue weighted by Crippen LogP contribution is -2.50. The van der Waals surface area contributed by atoms with Crippen LogP contribution in [0.15, 0.2) is 53.1 Å². The highest BCUT2D eigenvalue weighted by atomic mass is 16.4. The van der Waals surface area contributed by atoms with E-state index in [-0.39, 0.29) is 5.91 Å². The molecule has 134 valence electrons. The molecule has 0 spiro atoms. The molecule has 1 fully saturated rings. The number of nitrogens with zero attached hydrogens (tertiary/aromatic N) is 2. The zero-order valence-corrected chi connectivity index (χ0v) is 14.3. The first-order valence-electron chi connectivity index (χ1n) is 8.67. The topological polar surface area (TPSA) is 69.0 Å². The van der Waals surface area contributed by atoms with Gasteiger partial charge in [-0.3, -0.25) is 14.6 Å². The van der Waals surface area contributed by atoms with Gasteiger partial charge in [0.2, 0.25) is 5.91 Å². The maximum Gasteiger partial charge on any atom is 0.234 e. The molecule has 1 amide bonds. The van der Waals surface area contributed by atoms with Crippen molar-refractivity contribution in [1.82, 2.24) is 15.1 Å². The van der Waals surface area contributed by atoms with Gasteiger partial charge in [0.25, 0.3) is 0 Å². The normalized spacial score (nSPS) is 17.3. The number of rotatable bonds is 7. The number of amides is 1. The molecule has 25 heavy (non-hydrogen) atoms. The molecule has 2 heterocycles. The van der Waals surface area contributed by atoms with Crippen LogP contribution in [0.3, 0.4) is 0 Å². The minimum atomic E-state index is -0.601. The van der Waals surface area contributed by atoms with E-state index in [0.717, 1.165) is 31.7 Å². The van der Waals surface area contributed by atoms with Crippen molar-refractivity contribution in [3.8, 4) is 0 Å². The second-order valence-electron chi connectivity index (χ2n) is 6.37. The Morgan fingerprint density at radius 2 is 1.80 bits per heavy atom. The highest BCUT2D eigenvalue weighted by molar-refractivity contribution is 5.78. The van der Waals surface area contributed by atoms with Crippen LogP contribution in [0, 0.1) is 0 Å². The molecule has 1 atom stereocenters. The number of β-amino-alcohol motifs (C(OH)–C–C–N with tert-alkyl or cyclic N) is 1. The smallest absolute Gasteiger partial charge is 0.234 e. The van der Waals surface area contributed by atoms with Gasteiger partial charge in [0.05, 0.1) is 12.8 Å². The van der Waals surface area contributed by atoms with Gasteiger partial charge in [-0.2, -0.15) is 0 Å². The molecule has 1 aromatic heterocycles. The van der Waals surface area contributed by atoms with Gasteiger partial charge in [-0.15, -0.1) is 0 Å². The summed E-state index contributed by atoms with van der Waals surface area (Å²) in [6.07, 6.45) is 0.973. The molecule has 0 radical (unpaired) electrons. The lowest BCUT2D eigenvalue weighted by atomic mass is 10.2. The molecule has 0 unspecified atom stereocenters. The Morgan fingerprint density at radius 1 is 1.08 bits per heavy atom. The van der Waals surface area contributed by atoms with E-state index in [1.807, 2.05) is 30.3 Å². The van der Waals surface area contributed by atoms with Gasteiger partial charge < -0.3 is 14.8 Å². The summed E-state index contributed by atoms with van der Waals surface area (Å²) in [5, 5.41) is 13.1. The largest absolute Gasteiger partial charge is 0.467 e. The third-order valence-corrected chi connectivity index (χ3v) is 4.47. The fourth-order valence-corrected chi connectivity index (χ4v) is 3.00. The van der Waals surface area contributed by atoms with Crippen molar-refractivity contribution >= 4 is 5.91 Å². The average Bonchev–Trinajstić information content (AvgIpc) is 3.17. The number of carbonyl (C=O) groups excluding carboxylic acids is 1. The quantitative estimate of drug-likeness (QED) is 0.792. The number of aliphatic hydroxyl groups excluding tert-OH is 1. The van der Waals surface area contributed by atoms with E-state index in [9.17, 15) is 9.90 Å². The molecule has 3 rings (SSSR count). The van der Waals surface area contributed by atoms with E-state index >= 15 is 0 Å². The third-order valence-electron chi connectivity index (χ3n) is 4.47. The van der Waals surface area contributed by atoms with Gasteiger partial charge >= 0.3 is 0 Å². The van der Waals surface area contributed by atoms with Gasteiger partial charge in [-0.05, 0) is 17.7 Å². The number of piperazine rings is 1. The summed E-state index contributed by atoms with van der Waals surface area (Å²) >= 11 is 0. The number of furan rings is 1. The second-order valence-corrected chi connectivity index (χ2v) is 6.37. The number of carbonyl (C=O) groups is 1. The summed E-state index contributed by atoms with van der Waals surface area (Å²) < 4.78 is 5.23. The summed E-state index contributed by atoms with van der Waals surface area (Å²) in [6, 6.07) is 13.5. The number of nitrogens with one attached hydrogen (secondary N) is 1. The van der Waals surface area contributed by atoms with Gasteiger partial charge in [0.15, 0.2) is 0 Å². The van der Waals surface area contributed by atoms with Crippen molar-refractivity contribution in [2.24, 2.45) is 0 Å². The molecule has 0 aliphatic carbocycles. The number of aliphatic hydroxyl groups is 1. The van der Waals surface area contributed by atoms with Crippen LogP contribution in [0.5, 0.6) is 0 Å². The lowest BCUT2D eigenvalue weighted by molar-refractivity contribution is -0.122. The highest BCUT2D eigenvalue weighted by Crippen LogP contribution is 2.15. The van der Waals surface area contributed by atoms with Crippen molar-refractivity contribution in [3.63, 3.8) is 0 Å². The third kappa shape index (κ3) is 5.42. The molecule has 6 nitrogen and oxygen atoms in total. The van der Waals surface area contributed by atoms with Gasteiger partial charge in [0, 0.05) is 39.3 Å². The van der Waals surface area contributed by atoms with Crippen LogP contribution in [0.1, 0.15) is 17.4 Å². The maximum atomic E-state index is 12.1. The molecule has 1 aliphatic heterocycles. The van der Waals surface area contributed by atoms with Gasteiger partial charge in [-0.1, -0.05) is 30.3 Å². The minimum absolute atomic E-state index is 0.0490. The minimum Gasteiger partial charge on any atom is -0.467 e. The first kappa shape index (κ1) is 17.7. The first-order valence-corrected chi connectivity index (χ1v) is 8.67. The van der Waals surface area contributed by atoms with Crippen LogP contribution in [-0.4, -0.2) is 60.1 Å². The zero-order valence-electron chi connectivity index (χ0n) is 14.3. The van der Waals surface area contributed by atoms with E-state index in [2.05, 4.69) is 15.1 Å². The number of benzene rings is 1. The highest BCUT2D eigenvalue weighted by Gasteiger charge is 2.22. The fraction of sp³-hybridized carbons (Fsp3) is 0.421. The Morgan fingerprint density at radius 3 is 2.48 bits per heavy atom. The van der Waals surface area contributed by atoms with Crippen LogP contribution in [0.25, 0.3) is 0 Å². The predicted octanol–water partition coefficient (Wildman–Crippen LogP) is 1.25. The summed E-state index contributed by atoms with van der Waals surface area (Å²) in [7, 11) is 0. The summed E-state index contributed by atoms with van der Waals surface area (Å²) in [4.78, 5) is 16.4. The van der Waals surface area contributed by atoms with Crippen molar-refractivity contribution in [3.05, 3.63) is 60.1 Å². The standard InChI is InChI=1S/C19H25N3O3/c23-17(18-7-4-12-25-18)14-21-8-10-22(11-9-21)15-19(24)20-13-16-5-2-1-3-6-16/h1-7,12,17,23H,8-11,13-15H2,(H,20,24)/t17-/m1/s1. The monoisotopic (exact) mass is 343 g/mol. The van der Waals surface area contributed by atoms with Gasteiger partial charge in [-0.25, -0.2) is 0 Å². The van der Waals surface area contributed by atoms with E-state index in [1.54, 1.807) is 18.4 Å². The predicted molar refractivity (Wildman–Crippen MR) is 94.8 cm³/mol. The molecule has 1 aromatic carbocycles. The lowest BCUT2D eigenvalue weighted by Gasteiger charge is -2.34. The van der Waals surface area contributed by atoms with E-state index < -0.39 is 6.10 Å². The van der Waals surface area contributed by atoms with Crippen LogP contribution in [0.2, 0.25) is 0 Å². The van der Waals surface area contributed by atoms with E-state index in [1.165, 1.54) is 0 Å². The van der Waals surface area contributed by atoms with E-state index in [4.69, 9.17) is 4.42 Å². The first-order chi connectivity index (χ1) is 12.2. The van der Waals surface area contributed by atoms with Crippen LogP contribution in [0.4, 0.5) is 0 Å². The van der Waals surface area contributed by atoms with Crippen LogP contribution in [-0.2, 0) is 11.3 Å². The summed E-state index contributed by atoms with van der Waals surface area (Å²) in [6.45, 7) is 4.86. The van der Waals surface area contributed by atoms with E-state index in [0.29, 0.717) is 25.4 Å². The Bertz CT molecular complexity index is 637. The summed E-state index contributed by atoms with van der Waals surface area (Å²) in [5.41, 5.74) is 1.10. The van der Waals surface area contributed by atoms with Crippen molar-refractivity contribution in [2.75, 3.05) is 39.3 Å². The van der Waals surface area contributed by atoms with Crippen LogP contribution >= 0.6 is 0 Å². The molecule has 0 bridgehead atoms. The van der Waals surface area contributed by atoms with Crippen LogP contribution < -0.4 is 5.32 Å². The number of hydrogen-bond donors (Lipinski definition) is 2. The molecular weight excluding hydrogens is 318 g/mol. The molecular formula is C19H25N3O3. The van der Waals surface area contributed by atoms with Crippen molar-refractivity contribution in [1.29, 1.82) is 0 Å². The Labute approximate surface area is 148 Å². The van der Waals surface area contributed by atoms with Gasteiger partial charge in [0.1, 0.15) is 11.9 Å². The molecule has 6 heteroatoms. The maximum absolute atomic E-state index is 12.1. The fourth-order valence-electron chi connectivity index (χ4n) is 3.00. The Kier molecular flexibility index (Phi) is 6.22. The molecule has 1 saturated heterocycles. The Hall–Kier alpha value is -2.15. The van der Waals surface area contributed by atoms with Crippen molar-refractivity contribution < 1.29 is 14.3 Å². The number of hydrogen-bond acceptors (Lipinski definition) is 5. The molecule has 2 aromatic rings. The molecule has 0 saturated carbocycles. The Balaban J connectivity index is 1.35. The molecule has 2 N–H and O–H groups in total. The zero-order chi connectivity index (χ0) is 17.5. The molecule has 1 aliphatic rings. The summed E-state index contributed by atoms with van der Waals surface area (Å²) in [5.74, 6) is 0.649. The second kappa shape index (κ2) is 8.80. The average molecular weight is 343 g/mol. The SMILES string of the molecule is O=C(CN1CCN(C[C@@H](O)c2ccco2)CC1)NCc1ccccc1. The van der Waals surface area contributed by atoms with Crippen molar-refractivity contribution in [2.45, 2.75) is 12.6 Å².